The molecule has 0 heterocycles. The summed E-state index contributed by atoms with van der Waals surface area (Å²) in [6.45, 7) is 0. The van der Waals surface area contributed by atoms with E-state index in [0.717, 1.165) is 12.0 Å². The van der Waals surface area contributed by atoms with E-state index in [2.05, 4.69) is 0 Å². The SMILES string of the molecule is O=C(Cc1ccccc1)CC1CCCC1. The number of carbonyl (C=O) groups is 1. The van der Waals surface area contributed by atoms with Crippen LogP contribution in [0, 0.1) is 5.92 Å². The molecule has 1 fully saturated rings. The molecule has 2 rings (SSSR count). The molecule has 0 spiro atoms. The van der Waals surface area contributed by atoms with Gasteiger partial charge in [-0.15, -0.1) is 0 Å². The lowest BCUT2D eigenvalue weighted by Gasteiger charge is -2.07. The van der Waals surface area contributed by atoms with E-state index in [-0.39, 0.29) is 0 Å². The Morgan fingerprint density at radius 3 is 2.47 bits per heavy atom. The summed E-state index contributed by atoms with van der Waals surface area (Å²) in [4.78, 5) is 11.8. The van der Waals surface area contributed by atoms with Crippen LogP contribution in [0.4, 0.5) is 0 Å². The number of ketones is 1. The molecule has 1 heteroatoms. The van der Waals surface area contributed by atoms with E-state index in [1.54, 1.807) is 0 Å². The van der Waals surface area contributed by atoms with Crippen molar-refractivity contribution in [3.63, 3.8) is 0 Å². The Morgan fingerprint density at radius 1 is 1.13 bits per heavy atom. The fourth-order valence-electron chi connectivity index (χ4n) is 2.43. The van der Waals surface area contributed by atoms with Crippen molar-refractivity contribution in [1.29, 1.82) is 0 Å². The van der Waals surface area contributed by atoms with Gasteiger partial charge < -0.3 is 0 Å². The van der Waals surface area contributed by atoms with Gasteiger partial charge in [0.25, 0.3) is 0 Å². The Hall–Kier alpha value is -1.11. The molecule has 1 aromatic carbocycles. The molecule has 1 saturated carbocycles. The zero-order valence-corrected chi connectivity index (χ0v) is 9.11. The van der Waals surface area contributed by atoms with E-state index in [0.29, 0.717) is 18.1 Å². The molecule has 80 valence electrons. The summed E-state index contributed by atoms with van der Waals surface area (Å²) < 4.78 is 0. The lowest BCUT2D eigenvalue weighted by molar-refractivity contribution is -0.119. The van der Waals surface area contributed by atoms with Crippen molar-refractivity contribution in [3.8, 4) is 0 Å². The fourth-order valence-corrected chi connectivity index (χ4v) is 2.43. The predicted octanol–water partition coefficient (Wildman–Crippen LogP) is 3.38. The first-order valence-corrected chi connectivity index (χ1v) is 5.90. The minimum Gasteiger partial charge on any atom is -0.299 e. The molecule has 0 atom stereocenters. The van der Waals surface area contributed by atoms with Gasteiger partial charge in [0.1, 0.15) is 5.78 Å². The number of benzene rings is 1. The van der Waals surface area contributed by atoms with E-state index in [9.17, 15) is 4.79 Å². The second-order valence-corrected chi connectivity index (χ2v) is 4.56. The zero-order valence-electron chi connectivity index (χ0n) is 9.11. The maximum atomic E-state index is 11.8. The highest BCUT2D eigenvalue weighted by Crippen LogP contribution is 2.27. The van der Waals surface area contributed by atoms with Crippen LogP contribution in [0.2, 0.25) is 0 Å². The molecule has 1 aromatic rings. The van der Waals surface area contributed by atoms with E-state index in [4.69, 9.17) is 0 Å². The van der Waals surface area contributed by atoms with Crippen molar-refractivity contribution in [3.05, 3.63) is 35.9 Å². The van der Waals surface area contributed by atoms with Gasteiger partial charge in [0.15, 0.2) is 0 Å². The van der Waals surface area contributed by atoms with E-state index in [1.807, 2.05) is 30.3 Å². The van der Waals surface area contributed by atoms with E-state index < -0.39 is 0 Å². The molecule has 0 aliphatic heterocycles. The Labute approximate surface area is 91.5 Å². The van der Waals surface area contributed by atoms with Crippen LogP contribution in [0.3, 0.4) is 0 Å². The molecule has 15 heavy (non-hydrogen) atoms. The molecule has 0 radical (unpaired) electrons. The minimum atomic E-state index is 0.410. The van der Waals surface area contributed by atoms with Crippen LogP contribution >= 0.6 is 0 Å². The first kappa shape index (κ1) is 10.4. The Morgan fingerprint density at radius 2 is 1.80 bits per heavy atom. The molecule has 1 aliphatic rings. The van der Waals surface area contributed by atoms with Gasteiger partial charge in [0.2, 0.25) is 0 Å². The standard InChI is InChI=1S/C14H18O/c15-14(11-13-8-4-5-9-13)10-12-6-2-1-3-7-12/h1-3,6-7,13H,4-5,8-11H2. The lowest BCUT2D eigenvalue weighted by atomic mass is 9.97. The van der Waals surface area contributed by atoms with Crippen molar-refractivity contribution in [1.82, 2.24) is 0 Å². The van der Waals surface area contributed by atoms with Gasteiger partial charge in [-0.3, -0.25) is 4.79 Å². The van der Waals surface area contributed by atoms with Gasteiger partial charge in [0.05, 0.1) is 0 Å². The normalized spacial score (nSPS) is 16.8. The van der Waals surface area contributed by atoms with Crippen LogP contribution in [0.15, 0.2) is 30.3 Å². The quantitative estimate of drug-likeness (QED) is 0.731. The third-order valence-corrected chi connectivity index (χ3v) is 3.24. The molecule has 1 aliphatic carbocycles. The van der Waals surface area contributed by atoms with Crippen LogP contribution < -0.4 is 0 Å². The third-order valence-electron chi connectivity index (χ3n) is 3.24. The average Bonchev–Trinajstić information content (AvgIpc) is 2.71. The van der Waals surface area contributed by atoms with Gasteiger partial charge in [-0.25, -0.2) is 0 Å². The Kier molecular flexibility index (Phi) is 3.54. The number of Topliss-reactive ketones (excluding diaryl/α,β-unsaturated/α-hetero) is 1. The number of carbonyl (C=O) groups excluding carboxylic acids is 1. The third kappa shape index (κ3) is 3.19. The van der Waals surface area contributed by atoms with Crippen molar-refractivity contribution in [2.45, 2.75) is 38.5 Å². The maximum Gasteiger partial charge on any atom is 0.137 e. The Balaban J connectivity index is 1.82. The van der Waals surface area contributed by atoms with E-state index in [1.165, 1.54) is 25.7 Å². The van der Waals surface area contributed by atoms with E-state index >= 15 is 0 Å². The summed E-state index contributed by atoms with van der Waals surface area (Å²) in [5.74, 6) is 1.09. The second-order valence-electron chi connectivity index (χ2n) is 4.56. The molecular weight excluding hydrogens is 184 g/mol. The van der Waals surface area contributed by atoms with Crippen LogP contribution in [0.1, 0.15) is 37.7 Å². The lowest BCUT2D eigenvalue weighted by Crippen LogP contribution is -2.08. The van der Waals surface area contributed by atoms with Crippen LogP contribution in [-0.2, 0) is 11.2 Å². The van der Waals surface area contributed by atoms with Gasteiger partial charge in [-0.1, -0.05) is 56.0 Å². The molecule has 0 amide bonds. The van der Waals surface area contributed by atoms with Crippen molar-refractivity contribution in [2.75, 3.05) is 0 Å². The van der Waals surface area contributed by atoms with Crippen molar-refractivity contribution in [2.24, 2.45) is 5.92 Å². The highest BCUT2D eigenvalue weighted by molar-refractivity contribution is 5.81. The summed E-state index contributed by atoms with van der Waals surface area (Å²) in [7, 11) is 0. The molecule has 0 saturated heterocycles. The highest BCUT2D eigenvalue weighted by atomic mass is 16.1. The number of rotatable bonds is 4. The van der Waals surface area contributed by atoms with Gasteiger partial charge in [-0.2, -0.15) is 0 Å². The first-order chi connectivity index (χ1) is 7.34. The van der Waals surface area contributed by atoms with Gasteiger partial charge in [0, 0.05) is 12.8 Å². The fraction of sp³-hybridized carbons (Fsp3) is 0.500. The summed E-state index contributed by atoms with van der Waals surface area (Å²) in [6.07, 6.45) is 6.60. The topological polar surface area (TPSA) is 17.1 Å². The first-order valence-electron chi connectivity index (χ1n) is 5.90. The number of hydrogen-bond donors (Lipinski definition) is 0. The molecule has 0 bridgehead atoms. The molecule has 1 nitrogen and oxygen atoms in total. The molecule has 0 N–H and O–H groups in total. The molecule has 0 unspecified atom stereocenters. The van der Waals surface area contributed by atoms with Gasteiger partial charge in [-0.05, 0) is 11.5 Å². The zero-order chi connectivity index (χ0) is 10.5. The summed E-state index contributed by atoms with van der Waals surface area (Å²) in [5.41, 5.74) is 1.15. The van der Waals surface area contributed by atoms with Crippen molar-refractivity contribution >= 4 is 5.78 Å². The minimum absolute atomic E-state index is 0.410. The number of hydrogen-bond acceptors (Lipinski definition) is 1. The summed E-state index contributed by atoms with van der Waals surface area (Å²) in [6, 6.07) is 10.1. The largest absolute Gasteiger partial charge is 0.299 e. The molecular formula is C14H18O. The van der Waals surface area contributed by atoms with Crippen molar-refractivity contribution < 1.29 is 4.79 Å². The smallest absolute Gasteiger partial charge is 0.137 e. The monoisotopic (exact) mass is 202 g/mol. The second kappa shape index (κ2) is 5.11. The average molecular weight is 202 g/mol. The summed E-state index contributed by atoms with van der Waals surface area (Å²) >= 11 is 0. The maximum absolute atomic E-state index is 11.8. The van der Waals surface area contributed by atoms with Gasteiger partial charge >= 0.3 is 0 Å². The summed E-state index contributed by atoms with van der Waals surface area (Å²) in [5, 5.41) is 0. The molecule has 0 aromatic heterocycles. The van der Waals surface area contributed by atoms with Crippen LogP contribution in [0.5, 0.6) is 0 Å². The predicted molar refractivity (Wildman–Crippen MR) is 61.7 cm³/mol. The Bertz CT molecular complexity index is 309. The van der Waals surface area contributed by atoms with Crippen LogP contribution in [-0.4, -0.2) is 5.78 Å². The van der Waals surface area contributed by atoms with Crippen LogP contribution in [0.25, 0.3) is 0 Å². The highest BCUT2D eigenvalue weighted by Gasteiger charge is 2.18.